The first-order valence-corrected chi connectivity index (χ1v) is 11.8. The fraction of sp³-hybridized carbons (Fsp3) is 0.286. The number of benzene rings is 2. The first-order chi connectivity index (χ1) is 16.4. The summed E-state index contributed by atoms with van der Waals surface area (Å²) >= 11 is 0. The van der Waals surface area contributed by atoms with Crippen LogP contribution < -0.4 is 15.5 Å². The standard InChI is InChI=1S/C28H33N5O/c1-6-33(19(2)3)27-12-11-21(15-25(27)31-20(4)34)17-30-28-16-22(13-14-29-28)24-18-32(5)26-10-8-7-9-23(24)26/h7-16,18-19H,6,17H2,1-5H3,(H,29,30)(H,31,34). The number of amides is 1. The van der Waals surface area contributed by atoms with Crippen LogP contribution in [0.4, 0.5) is 17.2 Å². The molecule has 176 valence electrons. The van der Waals surface area contributed by atoms with E-state index in [0.717, 1.165) is 34.9 Å². The highest BCUT2D eigenvalue weighted by Gasteiger charge is 2.15. The summed E-state index contributed by atoms with van der Waals surface area (Å²) in [6.07, 6.45) is 4.00. The molecule has 6 heteroatoms. The van der Waals surface area contributed by atoms with Crippen LogP contribution in [-0.4, -0.2) is 28.0 Å². The lowest BCUT2D eigenvalue weighted by atomic mass is 10.1. The van der Waals surface area contributed by atoms with Gasteiger partial charge in [0.1, 0.15) is 5.82 Å². The van der Waals surface area contributed by atoms with E-state index in [1.54, 1.807) is 6.92 Å². The molecule has 0 radical (unpaired) electrons. The number of fused-ring (bicyclic) bond motifs is 1. The quantitative estimate of drug-likeness (QED) is 0.340. The molecule has 0 aliphatic carbocycles. The third-order valence-electron chi connectivity index (χ3n) is 6.09. The van der Waals surface area contributed by atoms with Gasteiger partial charge < -0.3 is 20.1 Å². The number of anilines is 3. The minimum atomic E-state index is -0.0735. The van der Waals surface area contributed by atoms with Crippen molar-refractivity contribution in [2.45, 2.75) is 40.3 Å². The maximum Gasteiger partial charge on any atom is 0.221 e. The summed E-state index contributed by atoms with van der Waals surface area (Å²) in [5.74, 6) is 0.739. The molecule has 0 bridgehead atoms. The van der Waals surface area contributed by atoms with Crippen LogP contribution in [-0.2, 0) is 18.4 Å². The summed E-state index contributed by atoms with van der Waals surface area (Å²) in [7, 11) is 2.07. The Morgan fingerprint density at radius 1 is 1.12 bits per heavy atom. The van der Waals surface area contributed by atoms with Crippen molar-refractivity contribution in [2.75, 3.05) is 22.1 Å². The van der Waals surface area contributed by atoms with E-state index in [1.807, 2.05) is 18.3 Å². The topological polar surface area (TPSA) is 62.2 Å². The molecule has 2 aromatic carbocycles. The lowest BCUT2D eigenvalue weighted by Crippen LogP contribution is -2.31. The molecule has 0 saturated heterocycles. The van der Waals surface area contributed by atoms with Crippen molar-refractivity contribution in [1.29, 1.82) is 0 Å². The Kier molecular flexibility index (Phi) is 6.87. The van der Waals surface area contributed by atoms with E-state index in [2.05, 4.69) is 102 Å². The molecular weight excluding hydrogens is 422 g/mol. The zero-order chi connectivity index (χ0) is 24.2. The van der Waals surface area contributed by atoms with E-state index in [9.17, 15) is 4.79 Å². The van der Waals surface area contributed by atoms with Gasteiger partial charge in [-0.2, -0.15) is 0 Å². The van der Waals surface area contributed by atoms with Gasteiger partial charge in [-0.1, -0.05) is 24.3 Å². The van der Waals surface area contributed by atoms with E-state index in [4.69, 9.17) is 0 Å². The molecule has 4 rings (SSSR count). The predicted molar refractivity (Wildman–Crippen MR) is 142 cm³/mol. The first kappa shape index (κ1) is 23.4. The van der Waals surface area contributed by atoms with Crippen molar-refractivity contribution in [1.82, 2.24) is 9.55 Å². The third kappa shape index (κ3) is 4.91. The molecule has 4 aromatic rings. The third-order valence-corrected chi connectivity index (χ3v) is 6.09. The van der Waals surface area contributed by atoms with Gasteiger partial charge in [0.25, 0.3) is 0 Å². The fourth-order valence-corrected chi connectivity index (χ4v) is 4.51. The number of hydrogen-bond acceptors (Lipinski definition) is 4. The fourth-order valence-electron chi connectivity index (χ4n) is 4.51. The number of rotatable bonds is 8. The molecule has 34 heavy (non-hydrogen) atoms. The summed E-state index contributed by atoms with van der Waals surface area (Å²) in [5.41, 5.74) is 6.46. The molecule has 0 fully saturated rings. The Labute approximate surface area is 201 Å². The van der Waals surface area contributed by atoms with Gasteiger partial charge in [-0.25, -0.2) is 4.98 Å². The molecule has 2 heterocycles. The number of aryl methyl sites for hydroxylation is 1. The van der Waals surface area contributed by atoms with Gasteiger partial charge in [0.2, 0.25) is 5.91 Å². The maximum atomic E-state index is 11.8. The predicted octanol–water partition coefficient (Wildman–Crippen LogP) is 6.05. The van der Waals surface area contributed by atoms with Crippen LogP contribution in [0, 0.1) is 0 Å². The van der Waals surface area contributed by atoms with E-state index in [0.29, 0.717) is 12.6 Å². The highest BCUT2D eigenvalue weighted by molar-refractivity contribution is 5.96. The van der Waals surface area contributed by atoms with Crippen LogP contribution in [0.15, 0.2) is 67.0 Å². The molecule has 0 spiro atoms. The monoisotopic (exact) mass is 455 g/mol. The van der Waals surface area contributed by atoms with E-state index in [-0.39, 0.29) is 5.91 Å². The molecule has 6 nitrogen and oxygen atoms in total. The number of aromatic nitrogens is 2. The second kappa shape index (κ2) is 10.00. The normalized spacial score (nSPS) is 11.1. The van der Waals surface area contributed by atoms with Crippen LogP contribution in [0.3, 0.4) is 0 Å². The van der Waals surface area contributed by atoms with Gasteiger partial charge in [0.05, 0.1) is 11.4 Å². The minimum absolute atomic E-state index is 0.0735. The number of hydrogen-bond donors (Lipinski definition) is 2. The largest absolute Gasteiger partial charge is 0.368 e. The van der Waals surface area contributed by atoms with Crippen molar-refractivity contribution in [3.8, 4) is 11.1 Å². The average molecular weight is 456 g/mol. The smallest absolute Gasteiger partial charge is 0.221 e. The Morgan fingerprint density at radius 2 is 1.91 bits per heavy atom. The maximum absolute atomic E-state index is 11.8. The van der Waals surface area contributed by atoms with Crippen LogP contribution in [0.5, 0.6) is 0 Å². The van der Waals surface area contributed by atoms with Gasteiger partial charge in [-0.05, 0) is 62.2 Å². The van der Waals surface area contributed by atoms with Gasteiger partial charge in [-0.15, -0.1) is 0 Å². The Balaban J connectivity index is 1.57. The lowest BCUT2D eigenvalue weighted by Gasteiger charge is -2.30. The second-order valence-corrected chi connectivity index (χ2v) is 8.87. The van der Waals surface area contributed by atoms with Crippen LogP contribution in [0.2, 0.25) is 0 Å². The molecule has 1 amide bonds. The minimum Gasteiger partial charge on any atom is -0.368 e. The summed E-state index contributed by atoms with van der Waals surface area (Å²) in [6.45, 7) is 9.46. The Morgan fingerprint density at radius 3 is 2.65 bits per heavy atom. The number of carbonyl (C=O) groups is 1. The van der Waals surface area contributed by atoms with Gasteiger partial charge in [-0.3, -0.25) is 4.79 Å². The Hall–Kier alpha value is -3.80. The molecule has 0 aliphatic heterocycles. The van der Waals surface area contributed by atoms with Crippen molar-refractivity contribution < 1.29 is 4.79 Å². The second-order valence-electron chi connectivity index (χ2n) is 8.87. The molecule has 0 atom stereocenters. The van der Waals surface area contributed by atoms with E-state index >= 15 is 0 Å². The molecule has 2 aromatic heterocycles. The summed E-state index contributed by atoms with van der Waals surface area (Å²) in [6, 6.07) is 19.1. The van der Waals surface area contributed by atoms with Crippen molar-refractivity contribution in [3.05, 3.63) is 72.6 Å². The van der Waals surface area contributed by atoms with E-state index in [1.165, 1.54) is 16.5 Å². The summed E-state index contributed by atoms with van der Waals surface area (Å²) in [5, 5.41) is 7.68. The Bertz CT molecular complexity index is 1310. The van der Waals surface area contributed by atoms with Gasteiger partial charge >= 0.3 is 0 Å². The number of pyridine rings is 1. The van der Waals surface area contributed by atoms with Crippen molar-refractivity contribution >= 4 is 34.0 Å². The van der Waals surface area contributed by atoms with Crippen LogP contribution in [0.1, 0.15) is 33.3 Å². The number of nitrogens with one attached hydrogen (secondary N) is 2. The highest BCUT2D eigenvalue weighted by atomic mass is 16.1. The summed E-state index contributed by atoms with van der Waals surface area (Å²) < 4.78 is 2.15. The van der Waals surface area contributed by atoms with Crippen LogP contribution >= 0.6 is 0 Å². The van der Waals surface area contributed by atoms with Gasteiger partial charge in [0.15, 0.2) is 0 Å². The summed E-state index contributed by atoms with van der Waals surface area (Å²) in [4.78, 5) is 18.6. The van der Waals surface area contributed by atoms with Crippen molar-refractivity contribution in [2.24, 2.45) is 7.05 Å². The van der Waals surface area contributed by atoms with Crippen molar-refractivity contribution in [3.63, 3.8) is 0 Å². The first-order valence-electron chi connectivity index (χ1n) is 11.8. The molecule has 2 N–H and O–H groups in total. The number of para-hydroxylation sites is 1. The lowest BCUT2D eigenvalue weighted by molar-refractivity contribution is -0.114. The average Bonchev–Trinajstić information content (AvgIpc) is 3.16. The number of carbonyl (C=O) groups excluding carboxylic acids is 1. The molecule has 0 aliphatic rings. The SMILES string of the molecule is CCN(c1ccc(CNc2cc(-c3cn(C)c4ccccc34)ccn2)cc1NC(C)=O)C(C)C. The van der Waals surface area contributed by atoms with Gasteiger partial charge in [0, 0.05) is 62.0 Å². The molecule has 0 saturated carbocycles. The zero-order valence-electron chi connectivity index (χ0n) is 20.6. The van der Waals surface area contributed by atoms with E-state index < -0.39 is 0 Å². The number of nitrogens with zero attached hydrogens (tertiary/aromatic N) is 3. The van der Waals surface area contributed by atoms with Crippen LogP contribution in [0.25, 0.3) is 22.0 Å². The highest BCUT2D eigenvalue weighted by Crippen LogP contribution is 2.32. The molecular formula is C28H33N5O. The molecule has 0 unspecified atom stereocenters. The zero-order valence-corrected chi connectivity index (χ0v) is 20.6.